The van der Waals surface area contributed by atoms with Gasteiger partial charge >= 0.3 is 0 Å². The van der Waals surface area contributed by atoms with E-state index in [0.717, 1.165) is 11.3 Å². The SMILES string of the molecule is CCONC=CCC1C(=O)CC(c2cccc(Oc3ccc(SC)cc3)c2)CC1=O. The topological polar surface area (TPSA) is 64.6 Å². The van der Waals surface area contributed by atoms with Gasteiger partial charge < -0.3 is 4.74 Å². The van der Waals surface area contributed by atoms with Crippen molar-refractivity contribution in [1.82, 2.24) is 5.48 Å². The van der Waals surface area contributed by atoms with Crippen molar-refractivity contribution >= 4 is 23.3 Å². The Labute approximate surface area is 181 Å². The van der Waals surface area contributed by atoms with Crippen LogP contribution in [0.25, 0.3) is 0 Å². The Morgan fingerprint density at radius 1 is 1.07 bits per heavy atom. The van der Waals surface area contributed by atoms with Crippen molar-refractivity contribution in [3.63, 3.8) is 0 Å². The van der Waals surface area contributed by atoms with E-state index in [1.54, 1.807) is 24.0 Å². The van der Waals surface area contributed by atoms with Gasteiger partial charge in [-0.2, -0.15) is 0 Å². The highest BCUT2D eigenvalue weighted by atomic mass is 32.2. The van der Waals surface area contributed by atoms with Crippen LogP contribution in [0.3, 0.4) is 0 Å². The first-order chi connectivity index (χ1) is 14.6. The van der Waals surface area contributed by atoms with Gasteiger partial charge in [-0.25, -0.2) is 0 Å². The molecule has 30 heavy (non-hydrogen) atoms. The molecule has 2 aromatic carbocycles. The van der Waals surface area contributed by atoms with Gasteiger partial charge in [-0.15, -0.1) is 11.8 Å². The number of benzene rings is 2. The van der Waals surface area contributed by atoms with Crippen molar-refractivity contribution in [1.29, 1.82) is 0 Å². The van der Waals surface area contributed by atoms with Crippen molar-refractivity contribution in [2.75, 3.05) is 12.9 Å². The number of hydrogen-bond donors (Lipinski definition) is 1. The van der Waals surface area contributed by atoms with Crippen LogP contribution in [0.5, 0.6) is 11.5 Å². The summed E-state index contributed by atoms with van der Waals surface area (Å²) in [5, 5.41) is 0. The van der Waals surface area contributed by atoms with Crippen molar-refractivity contribution < 1.29 is 19.2 Å². The van der Waals surface area contributed by atoms with E-state index in [2.05, 4.69) is 5.48 Å². The van der Waals surface area contributed by atoms with Gasteiger partial charge in [-0.1, -0.05) is 18.2 Å². The van der Waals surface area contributed by atoms with Crippen molar-refractivity contribution in [2.45, 2.75) is 37.0 Å². The summed E-state index contributed by atoms with van der Waals surface area (Å²) in [5.41, 5.74) is 3.61. The number of carbonyl (C=O) groups excluding carboxylic acids is 2. The van der Waals surface area contributed by atoms with E-state index in [9.17, 15) is 9.59 Å². The highest BCUT2D eigenvalue weighted by molar-refractivity contribution is 7.98. The molecule has 0 aliphatic heterocycles. The molecule has 0 unspecified atom stereocenters. The second kappa shape index (κ2) is 11.0. The van der Waals surface area contributed by atoms with Crippen LogP contribution in [0.15, 0.2) is 65.7 Å². The maximum atomic E-state index is 12.6. The number of hydroxylamine groups is 1. The van der Waals surface area contributed by atoms with Crippen LogP contribution in [0, 0.1) is 5.92 Å². The van der Waals surface area contributed by atoms with Crippen LogP contribution in [0.1, 0.15) is 37.7 Å². The molecule has 0 amide bonds. The Morgan fingerprint density at radius 2 is 1.80 bits per heavy atom. The number of thioether (sulfide) groups is 1. The summed E-state index contributed by atoms with van der Waals surface area (Å²) in [7, 11) is 0. The van der Waals surface area contributed by atoms with Crippen molar-refractivity contribution in [3.05, 3.63) is 66.4 Å². The third-order valence-corrected chi connectivity index (χ3v) is 5.83. The molecule has 3 rings (SSSR count). The number of Topliss-reactive ketones (excluding diaryl/α,β-unsaturated/α-hetero) is 2. The minimum absolute atomic E-state index is 0.00344. The molecule has 5 nitrogen and oxygen atoms in total. The number of nitrogens with one attached hydrogen (secondary N) is 1. The van der Waals surface area contributed by atoms with E-state index in [1.165, 1.54) is 4.90 Å². The van der Waals surface area contributed by atoms with E-state index in [0.29, 0.717) is 31.6 Å². The molecule has 6 heteroatoms. The van der Waals surface area contributed by atoms with Crippen LogP contribution < -0.4 is 10.2 Å². The number of allylic oxidation sites excluding steroid dienone is 1. The van der Waals surface area contributed by atoms with Crippen molar-refractivity contribution in [3.8, 4) is 11.5 Å². The molecule has 2 aromatic rings. The molecular formula is C24H27NO4S. The molecule has 1 fully saturated rings. The second-order valence-corrected chi connectivity index (χ2v) is 8.01. The van der Waals surface area contributed by atoms with Gasteiger partial charge in [0, 0.05) is 23.9 Å². The fourth-order valence-electron chi connectivity index (χ4n) is 3.52. The third kappa shape index (κ3) is 5.97. The van der Waals surface area contributed by atoms with E-state index in [4.69, 9.17) is 9.57 Å². The molecule has 1 aliphatic carbocycles. The average molecular weight is 426 g/mol. The molecule has 0 saturated heterocycles. The molecule has 0 aromatic heterocycles. The number of ketones is 2. The first-order valence-corrected chi connectivity index (χ1v) is 11.3. The van der Waals surface area contributed by atoms with E-state index in [1.807, 2.05) is 61.7 Å². The Hall–Kier alpha value is -2.57. The Bertz CT molecular complexity index is 876. The molecule has 0 bridgehead atoms. The van der Waals surface area contributed by atoms with Crippen molar-refractivity contribution in [2.24, 2.45) is 5.92 Å². The summed E-state index contributed by atoms with van der Waals surface area (Å²) < 4.78 is 5.96. The quantitative estimate of drug-likeness (QED) is 0.255. The molecule has 0 radical (unpaired) electrons. The normalized spacial score (nSPS) is 19.3. The molecule has 0 atom stereocenters. The highest BCUT2D eigenvalue weighted by Crippen LogP contribution is 2.35. The van der Waals surface area contributed by atoms with Crippen LogP contribution in [-0.2, 0) is 14.4 Å². The molecule has 1 aliphatic rings. The largest absolute Gasteiger partial charge is 0.457 e. The fraction of sp³-hybridized carbons (Fsp3) is 0.333. The predicted octanol–water partition coefficient (Wildman–Crippen LogP) is 5.28. The zero-order chi connectivity index (χ0) is 21.3. The monoisotopic (exact) mass is 425 g/mol. The Balaban J connectivity index is 1.62. The molecule has 0 heterocycles. The smallest absolute Gasteiger partial charge is 0.144 e. The first-order valence-electron chi connectivity index (χ1n) is 10.1. The van der Waals surface area contributed by atoms with Gasteiger partial charge in [0.1, 0.15) is 23.1 Å². The average Bonchev–Trinajstić information content (AvgIpc) is 2.76. The second-order valence-electron chi connectivity index (χ2n) is 7.13. The zero-order valence-corrected chi connectivity index (χ0v) is 18.1. The number of ether oxygens (including phenoxy) is 1. The first kappa shape index (κ1) is 22.1. The number of hydrogen-bond acceptors (Lipinski definition) is 6. The molecule has 1 N–H and O–H groups in total. The summed E-state index contributed by atoms with van der Waals surface area (Å²) in [6.45, 7) is 2.41. The Kier molecular flexibility index (Phi) is 8.11. The minimum Gasteiger partial charge on any atom is -0.457 e. The minimum atomic E-state index is -0.560. The van der Waals surface area contributed by atoms with Gasteiger partial charge in [-0.3, -0.25) is 19.9 Å². The van der Waals surface area contributed by atoms with E-state index >= 15 is 0 Å². The van der Waals surface area contributed by atoms with Crippen LogP contribution in [0.4, 0.5) is 0 Å². The highest BCUT2D eigenvalue weighted by Gasteiger charge is 2.35. The zero-order valence-electron chi connectivity index (χ0n) is 17.3. The van der Waals surface area contributed by atoms with Crippen LogP contribution in [0.2, 0.25) is 0 Å². The molecule has 1 saturated carbocycles. The van der Waals surface area contributed by atoms with E-state index in [-0.39, 0.29) is 17.5 Å². The summed E-state index contributed by atoms with van der Waals surface area (Å²) in [6.07, 6.45) is 6.57. The van der Waals surface area contributed by atoms with Gasteiger partial charge in [0.2, 0.25) is 0 Å². The summed E-state index contributed by atoms with van der Waals surface area (Å²) in [5.74, 6) is 0.793. The lowest BCUT2D eigenvalue weighted by molar-refractivity contribution is -0.136. The van der Waals surface area contributed by atoms with Gasteiger partial charge in [0.05, 0.1) is 12.5 Å². The molecule has 0 spiro atoms. The lowest BCUT2D eigenvalue weighted by Gasteiger charge is -2.26. The fourth-order valence-corrected chi connectivity index (χ4v) is 3.92. The van der Waals surface area contributed by atoms with E-state index < -0.39 is 5.92 Å². The predicted molar refractivity (Wildman–Crippen MR) is 119 cm³/mol. The maximum absolute atomic E-state index is 12.6. The van der Waals surface area contributed by atoms with Crippen LogP contribution >= 0.6 is 11.8 Å². The summed E-state index contributed by atoms with van der Waals surface area (Å²) in [4.78, 5) is 31.4. The van der Waals surface area contributed by atoms with Gasteiger partial charge in [-0.05, 0) is 67.5 Å². The van der Waals surface area contributed by atoms with Gasteiger partial charge in [0.15, 0.2) is 0 Å². The Morgan fingerprint density at radius 3 is 2.47 bits per heavy atom. The lowest BCUT2D eigenvalue weighted by atomic mass is 9.76. The number of rotatable bonds is 9. The summed E-state index contributed by atoms with van der Waals surface area (Å²) in [6, 6.07) is 15.6. The van der Waals surface area contributed by atoms with Gasteiger partial charge in [0.25, 0.3) is 0 Å². The van der Waals surface area contributed by atoms with Crippen LogP contribution in [-0.4, -0.2) is 24.4 Å². The third-order valence-electron chi connectivity index (χ3n) is 5.08. The lowest BCUT2D eigenvalue weighted by Crippen LogP contribution is -2.32. The standard InChI is InChI=1S/C24H27NO4S/c1-3-28-25-13-5-8-22-23(26)15-18(16-24(22)27)17-6-4-7-20(14-17)29-19-9-11-21(30-2)12-10-19/h4-7,9-14,18,22,25H,3,8,15-16H2,1-2H3. The molecular weight excluding hydrogens is 398 g/mol. The molecule has 158 valence electrons. The maximum Gasteiger partial charge on any atom is 0.144 e. The summed E-state index contributed by atoms with van der Waals surface area (Å²) >= 11 is 1.68. The number of carbonyl (C=O) groups is 2.